The fourth-order valence-corrected chi connectivity index (χ4v) is 5.96. The van der Waals surface area contributed by atoms with Gasteiger partial charge in [0, 0.05) is 11.9 Å². The largest absolute Gasteiger partial charge is 0.495 e. The quantitative estimate of drug-likeness (QED) is 0.177. The first kappa shape index (κ1) is 26.0. The molecule has 198 valence electrons. The van der Waals surface area contributed by atoms with Crippen LogP contribution >= 0.6 is 11.3 Å². The number of hydrogen-bond acceptors (Lipinski definition) is 7. The zero-order chi connectivity index (χ0) is 26.6. The van der Waals surface area contributed by atoms with Crippen LogP contribution in [0.2, 0.25) is 0 Å². The summed E-state index contributed by atoms with van der Waals surface area (Å²) in [5.41, 5.74) is 11.3. The van der Waals surface area contributed by atoms with Gasteiger partial charge in [0.2, 0.25) is 5.95 Å². The second kappa shape index (κ2) is 11.4. The lowest BCUT2D eigenvalue weighted by molar-refractivity contribution is 0.380. The van der Waals surface area contributed by atoms with Crippen molar-refractivity contribution in [2.75, 3.05) is 38.8 Å². The highest BCUT2D eigenvalue weighted by molar-refractivity contribution is 7.17. The Morgan fingerprint density at radius 3 is 2.74 bits per heavy atom. The summed E-state index contributed by atoms with van der Waals surface area (Å²) in [6.45, 7) is 3.30. The van der Waals surface area contributed by atoms with Crippen molar-refractivity contribution in [3.8, 4) is 11.6 Å². The molecule has 38 heavy (non-hydrogen) atoms. The summed E-state index contributed by atoms with van der Waals surface area (Å²) in [6, 6.07) is 16.5. The average molecular weight is 529 g/mol. The molecule has 0 bridgehead atoms. The molecule has 0 spiro atoms. The third kappa shape index (κ3) is 5.33. The van der Waals surface area contributed by atoms with Gasteiger partial charge in [-0.3, -0.25) is 4.57 Å². The van der Waals surface area contributed by atoms with E-state index < -0.39 is 0 Å². The molecule has 3 heterocycles. The SMILES string of the molecule is CCCC(CCCN(C)C)c1cc(OC)c(Nc2nc(-n3ccc4ccccc43)c3sccc3n2)cc1N. The van der Waals surface area contributed by atoms with E-state index in [0.717, 1.165) is 76.5 Å². The van der Waals surface area contributed by atoms with Crippen molar-refractivity contribution in [1.29, 1.82) is 0 Å². The van der Waals surface area contributed by atoms with Gasteiger partial charge in [-0.05, 0) is 92.5 Å². The Morgan fingerprint density at radius 2 is 1.95 bits per heavy atom. The molecule has 3 N–H and O–H groups in total. The number of aromatic nitrogens is 3. The lowest BCUT2D eigenvalue weighted by atomic mass is 9.88. The van der Waals surface area contributed by atoms with E-state index in [0.29, 0.717) is 11.9 Å². The van der Waals surface area contributed by atoms with Crippen LogP contribution in [0.4, 0.5) is 17.3 Å². The van der Waals surface area contributed by atoms with E-state index in [1.165, 1.54) is 5.39 Å². The Labute approximate surface area is 228 Å². The minimum absolute atomic E-state index is 0.398. The third-order valence-electron chi connectivity index (χ3n) is 7.00. The molecule has 8 heteroatoms. The van der Waals surface area contributed by atoms with Gasteiger partial charge >= 0.3 is 0 Å². The number of nitrogens with one attached hydrogen (secondary N) is 1. The summed E-state index contributed by atoms with van der Waals surface area (Å²) in [7, 11) is 5.93. The van der Waals surface area contributed by atoms with Crippen LogP contribution in [0.3, 0.4) is 0 Å². The summed E-state index contributed by atoms with van der Waals surface area (Å²) in [4.78, 5) is 12.0. The molecular formula is C30H36N6OS. The molecule has 0 saturated heterocycles. The Balaban J connectivity index is 1.50. The maximum atomic E-state index is 6.66. The standard InChI is InChI=1S/C30H36N6OS/c1-5-9-20(11-8-15-35(2)3)22-18-27(37-4)25(19-23(22)31)33-30-32-24-14-17-38-28(24)29(34-30)36-16-13-21-10-6-7-12-26(21)36/h6-7,10,12-14,16-20H,5,8-9,11,15,31H2,1-4H3,(H,32,33,34). The van der Waals surface area contributed by atoms with Gasteiger partial charge < -0.3 is 20.7 Å². The van der Waals surface area contributed by atoms with Crippen LogP contribution in [0.5, 0.6) is 5.75 Å². The molecule has 5 rings (SSSR count). The van der Waals surface area contributed by atoms with Crippen LogP contribution < -0.4 is 15.8 Å². The maximum absolute atomic E-state index is 6.66. The number of nitrogen functional groups attached to an aromatic ring is 1. The fraction of sp³-hybridized carbons (Fsp3) is 0.333. The zero-order valence-corrected chi connectivity index (χ0v) is 23.4. The van der Waals surface area contributed by atoms with E-state index in [2.05, 4.69) is 71.6 Å². The van der Waals surface area contributed by atoms with Gasteiger partial charge in [-0.2, -0.15) is 4.98 Å². The van der Waals surface area contributed by atoms with Crippen molar-refractivity contribution in [3.05, 3.63) is 65.7 Å². The van der Waals surface area contributed by atoms with Crippen LogP contribution in [0.15, 0.2) is 60.1 Å². The van der Waals surface area contributed by atoms with Gasteiger partial charge in [-0.1, -0.05) is 31.5 Å². The third-order valence-corrected chi connectivity index (χ3v) is 7.90. The number of methoxy groups -OCH3 is 1. The van der Waals surface area contributed by atoms with Crippen LogP contribution in [0.25, 0.3) is 26.9 Å². The Bertz CT molecular complexity index is 1540. The molecule has 0 aliphatic rings. The molecule has 3 aromatic heterocycles. The lowest BCUT2D eigenvalue weighted by Crippen LogP contribution is -2.14. The highest BCUT2D eigenvalue weighted by Gasteiger charge is 2.19. The molecule has 0 fully saturated rings. The number of thiophene rings is 1. The number of fused-ring (bicyclic) bond motifs is 2. The van der Waals surface area contributed by atoms with Crippen molar-refractivity contribution in [3.63, 3.8) is 0 Å². The van der Waals surface area contributed by atoms with Gasteiger partial charge in [-0.15, -0.1) is 11.3 Å². The number of rotatable bonds is 11. The molecule has 0 aliphatic heterocycles. The smallest absolute Gasteiger partial charge is 0.229 e. The molecule has 5 aromatic rings. The van der Waals surface area contributed by atoms with Crippen molar-refractivity contribution >= 4 is 49.8 Å². The summed E-state index contributed by atoms with van der Waals surface area (Å²) < 4.78 is 9.00. The predicted molar refractivity (Wildman–Crippen MR) is 160 cm³/mol. The van der Waals surface area contributed by atoms with E-state index >= 15 is 0 Å². The molecule has 0 saturated carbocycles. The molecule has 1 unspecified atom stereocenters. The van der Waals surface area contributed by atoms with Gasteiger partial charge in [0.25, 0.3) is 0 Å². The van der Waals surface area contributed by atoms with Crippen molar-refractivity contribution < 1.29 is 4.74 Å². The van der Waals surface area contributed by atoms with Gasteiger partial charge in [0.1, 0.15) is 5.75 Å². The van der Waals surface area contributed by atoms with E-state index in [-0.39, 0.29) is 0 Å². The van der Waals surface area contributed by atoms with E-state index in [1.54, 1.807) is 18.4 Å². The Hall–Kier alpha value is -3.62. The van der Waals surface area contributed by atoms with Gasteiger partial charge in [0.15, 0.2) is 5.82 Å². The summed E-state index contributed by atoms with van der Waals surface area (Å²) in [6.07, 6.45) is 6.50. The maximum Gasteiger partial charge on any atom is 0.229 e. The van der Waals surface area contributed by atoms with Crippen LogP contribution in [-0.2, 0) is 0 Å². The lowest BCUT2D eigenvalue weighted by Gasteiger charge is -2.22. The highest BCUT2D eigenvalue weighted by Crippen LogP contribution is 2.39. The second-order valence-electron chi connectivity index (χ2n) is 9.99. The number of anilines is 3. The first-order chi connectivity index (χ1) is 18.5. The zero-order valence-electron chi connectivity index (χ0n) is 22.6. The Morgan fingerprint density at radius 1 is 1.11 bits per heavy atom. The minimum atomic E-state index is 0.398. The molecular weight excluding hydrogens is 492 g/mol. The van der Waals surface area contributed by atoms with E-state index in [4.69, 9.17) is 20.4 Å². The molecule has 0 radical (unpaired) electrons. The molecule has 7 nitrogen and oxygen atoms in total. The summed E-state index contributed by atoms with van der Waals surface area (Å²) in [5.74, 6) is 2.49. The fourth-order valence-electron chi connectivity index (χ4n) is 5.15. The van der Waals surface area contributed by atoms with E-state index in [1.807, 2.05) is 24.3 Å². The van der Waals surface area contributed by atoms with Gasteiger partial charge in [-0.25, -0.2) is 4.98 Å². The number of nitrogens with two attached hydrogens (primary N) is 1. The van der Waals surface area contributed by atoms with E-state index in [9.17, 15) is 0 Å². The average Bonchev–Trinajstić information content (AvgIpc) is 3.55. The first-order valence-corrected chi connectivity index (χ1v) is 14.1. The summed E-state index contributed by atoms with van der Waals surface area (Å²) in [5, 5.41) is 6.63. The number of nitrogens with zero attached hydrogens (tertiary/aromatic N) is 4. The van der Waals surface area contributed by atoms with Gasteiger partial charge in [0.05, 0.1) is 28.5 Å². The van der Waals surface area contributed by atoms with Crippen molar-refractivity contribution in [2.24, 2.45) is 0 Å². The molecule has 0 aliphatic carbocycles. The summed E-state index contributed by atoms with van der Waals surface area (Å²) >= 11 is 1.64. The highest BCUT2D eigenvalue weighted by atomic mass is 32.1. The minimum Gasteiger partial charge on any atom is -0.495 e. The number of benzene rings is 2. The second-order valence-corrected chi connectivity index (χ2v) is 10.9. The molecule has 2 aromatic carbocycles. The first-order valence-electron chi connectivity index (χ1n) is 13.2. The monoisotopic (exact) mass is 528 g/mol. The van der Waals surface area contributed by atoms with Crippen LogP contribution in [0, 0.1) is 0 Å². The Kier molecular flexibility index (Phi) is 7.81. The van der Waals surface area contributed by atoms with Crippen LogP contribution in [-0.4, -0.2) is 47.2 Å². The molecule has 0 amide bonds. The molecule has 1 atom stereocenters. The topological polar surface area (TPSA) is 81.2 Å². The van der Waals surface area contributed by atoms with Crippen molar-refractivity contribution in [1.82, 2.24) is 19.4 Å². The number of ether oxygens (including phenoxy) is 1. The van der Waals surface area contributed by atoms with Crippen molar-refractivity contribution in [2.45, 2.75) is 38.5 Å². The number of para-hydroxylation sites is 1. The number of hydrogen-bond donors (Lipinski definition) is 2. The normalized spacial score (nSPS) is 12.4. The van der Waals surface area contributed by atoms with Crippen LogP contribution in [0.1, 0.15) is 44.1 Å². The predicted octanol–water partition coefficient (Wildman–Crippen LogP) is 7.20.